The van der Waals surface area contributed by atoms with Crippen molar-refractivity contribution in [1.82, 2.24) is 4.98 Å². The van der Waals surface area contributed by atoms with Crippen LogP contribution in [0.25, 0.3) is 10.8 Å². The predicted octanol–water partition coefficient (Wildman–Crippen LogP) is 2.96. The van der Waals surface area contributed by atoms with Crippen LogP contribution in [-0.4, -0.2) is 10.9 Å². The Hall–Kier alpha value is -1.32. The largest absolute Gasteiger partial charge is 0.370 e. The van der Waals surface area contributed by atoms with Gasteiger partial charge in [-0.2, -0.15) is 0 Å². The molecule has 5 heteroatoms. The minimum atomic E-state index is -0.353. The van der Waals surface area contributed by atoms with Gasteiger partial charge in [-0.05, 0) is 30.0 Å². The Balaban J connectivity index is 2.52. The Labute approximate surface area is 109 Å². The molecule has 0 saturated carbocycles. The van der Waals surface area contributed by atoms with E-state index in [1.807, 2.05) is 12.1 Å². The number of rotatable bonds is 3. The molecule has 1 heterocycles. The summed E-state index contributed by atoms with van der Waals surface area (Å²) >= 11 is 12.1. The number of carbonyl (C=O) groups excluding carboxylic acids is 1. The molecule has 2 N–H and O–H groups in total. The van der Waals surface area contributed by atoms with Crippen LogP contribution in [0.3, 0.4) is 0 Å². The van der Waals surface area contributed by atoms with Crippen molar-refractivity contribution in [3.05, 3.63) is 40.1 Å². The molecule has 1 aromatic heterocycles. The van der Waals surface area contributed by atoms with Crippen LogP contribution >= 0.6 is 23.2 Å². The van der Waals surface area contributed by atoms with Gasteiger partial charge in [0.15, 0.2) is 0 Å². The third-order valence-electron chi connectivity index (χ3n) is 2.47. The van der Waals surface area contributed by atoms with Crippen molar-refractivity contribution in [2.24, 2.45) is 5.73 Å². The number of halogens is 2. The molecule has 0 aliphatic rings. The van der Waals surface area contributed by atoms with Crippen molar-refractivity contribution in [1.29, 1.82) is 0 Å². The number of aryl methyl sites for hydroxylation is 1. The third kappa shape index (κ3) is 2.68. The number of benzene rings is 1. The molecule has 0 bridgehead atoms. The van der Waals surface area contributed by atoms with Gasteiger partial charge in [-0.3, -0.25) is 9.78 Å². The Kier molecular flexibility index (Phi) is 3.50. The first-order valence-electron chi connectivity index (χ1n) is 5.09. The fourth-order valence-corrected chi connectivity index (χ4v) is 2.35. The highest BCUT2D eigenvalue weighted by Gasteiger charge is 2.09. The van der Waals surface area contributed by atoms with Crippen molar-refractivity contribution in [2.75, 3.05) is 0 Å². The first-order chi connectivity index (χ1) is 8.08. The number of primary amides is 1. The summed E-state index contributed by atoms with van der Waals surface area (Å²) in [7, 11) is 0. The van der Waals surface area contributed by atoms with E-state index in [1.165, 1.54) is 0 Å². The molecule has 88 valence electrons. The maximum absolute atomic E-state index is 10.8. The van der Waals surface area contributed by atoms with Gasteiger partial charge in [0.05, 0.1) is 10.7 Å². The maximum atomic E-state index is 10.8. The van der Waals surface area contributed by atoms with Crippen LogP contribution in [0, 0.1) is 0 Å². The highest BCUT2D eigenvalue weighted by molar-refractivity contribution is 6.38. The predicted molar refractivity (Wildman–Crippen MR) is 69.3 cm³/mol. The summed E-state index contributed by atoms with van der Waals surface area (Å²) in [4.78, 5) is 15.0. The topological polar surface area (TPSA) is 56.0 Å². The van der Waals surface area contributed by atoms with Crippen LogP contribution in [0.1, 0.15) is 12.1 Å². The molecule has 0 fully saturated rings. The lowest BCUT2D eigenvalue weighted by Gasteiger charge is -2.07. The van der Waals surface area contributed by atoms with E-state index in [4.69, 9.17) is 28.9 Å². The van der Waals surface area contributed by atoms with E-state index in [0.717, 1.165) is 16.5 Å². The van der Waals surface area contributed by atoms with Crippen LogP contribution in [0.4, 0.5) is 0 Å². The van der Waals surface area contributed by atoms with E-state index in [2.05, 4.69) is 4.98 Å². The third-order valence-corrected chi connectivity index (χ3v) is 2.98. The van der Waals surface area contributed by atoms with Gasteiger partial charge in [0.1, 0.15) is 0 Å². The van der Waals surface area contributed by atoms with E-state index in [1.54, 1.807) is 12.3 Å². The number of aromatic nitrogens is 1. The first kappa shape index (κ1) is 12.1. The first-order valence-corrected chi connectivity index (χ1v) is 5.84. The lowest BCUT2D eigenvalue weighted by atomic mass is 10.1. The second-order valence-corrected chi connectivity index (χ2v) is 4.55. The zero-order chi connectivity index (χ0) is 12.4. The van der Waals surface area contributed by atoms with Gasteiger partial charge in [-0.15, -0.1) is 0 Å². The summed E-state index contributed by atoms with van der Waals surface area (Å²) in [6, 6.07) is 5.32. The average Bonchev–Trinajstić information content (AvgIpc) is 2.25. The van der Waals surface area contributed by atoms with Crippen molar-refractivity contribution in [2.45, 2.75) is 12.8 Å². The number of hydrogen-bond donors (Lipinski definition) is 1. The lowest BCUT2D eigenvalue weighted by molar-refractivity contribution is -0.117. The van der Waals surface area contributed by atoms with E-state index in [0.29, 0.717) is 16.5 Å². The number of hydrogen-bond acceptors (Lipinski definition) is 2. The van der Waals surface area contributed by atoms with E-state index in [-0.39, 0.29) is 12.3 Å². The Morgan fingerprint density at radius 1 is 1.35 bits per heavy atom. The molecular weight excluding hydrogens is 259 g/mol. The van der Waals surface area contributed by atoms with Gasteiger partial charge in [-0.1, -0.05) is 23.2 Å². The quantitative estimate of drug-likeness (QED) is 0.931. The van der Waals surface area contributed by atoms with Gasteiger partial charge in [-0.25, -0.2) is 0 Å². The molecule has 0 unspecified atom stereocenters. The fourth-order valence-electron chi connectivity index (χ4n) is 1.73. The summed E-state index contributed by atoms with van der Waals surface area (Å²) in [6.07, 6.45) is 2.41. The molecule has 0 aliphatic heterocycles. The molecular formula is C12H10Cl2N2O. The monoisotopic (exact) mass is 268 g/mol. The second kappa shape index (κ2) is 4.90. The number of nitrogens with zero attached hydrogens (tertiary/aromatic N) is 1. The van der Waals surface area contributed by atoms with Crippen molar-refractivity contribution >= 4 is 39.9 Å². The number of amides is 1. The number of carbonyl (C=O) groups is 1. The highest BCUT2D eigenvalue weighted by atomic mass is 35.5. The van der Waals surface area contributed by atoms with E-state index in [9.17, 15) is 4.79 Å². The Morgan fingerprint density at radius 3 is 2.82 bits per heavy atom. The van der Waals surface area contributed by atoms with Crippen LogP contribution in [0.15, 0.2) is 24.4 Å². The normalized spacial score (nSPS) is 10.7. The zero-order valence-corrected chi connectivity index (χ0v) is 10.4. The molecule has 17 heavy (non-hydrogen) atoms. The van der Waals surface area contributed by atoms with Gasteiger partial charge in [0.2, 0.25) is 5.91 Å². The average molecular weight is 269 g/mol. The minimum absolute atomic E-state index is 0.255. The van der Waals surface area contributed by atoms with Crippen LogP contribution in [-0.2, 0) is 11.2 Å². The molecule has 0 saturated heterocycles. The van der Waals surface area contributed by atoms with Crippen LogP contribution in [0.2, 0.25) is 10.0 Å². The van der Waals surface area contributed by atoms with Gasteiger partial charge < -0.3 is 5.73 Å². The number of pyridine rings is 1. The highest BCUT2D eigenvalue weighted by Crippen LogP contribution is 2.30. The van der Waals surface area contributed by atoms with Gasteiger partial charge in [0.25, 0.3) is 0 Å². The molecule has 3 nitrogen and oxygen atoms in total. The van der Waals surface area contributed by atoms with Crippen molar-refractivity contribution < 1.29 is 4.79 Å². The van der Waals surface area contributed by atoms with Crippen LogP contribution in [0.5, 0.6) is 0 Å². The smallest absolute Gasteiger partial charge is 0.217 e. The molecule has 1 amide bonds. The number of fused-ring (bicyclic) bond motifs is 1. The standard InChI is InChI=1S/C12H10Cl2N2O/c13-8-5-7-3-4-16-10(1-2-11(15)17)12(7)9(14)6-8/h3-6H,1-2H2,(H2,15,17). The molecule has 2 rings (SSSR count). The summed E-state index contributed by atoms with van der Waals surface area (Å²) in [5, 5.41) is 2.87. The molecule has 1 aromatic carbocycles. The van der Waals surface area contributed by atoms with Crippen LogP contribution < -0.4 is 5.73 Å². The Bertz CT molecular complexity index is 584. The fraction of sp³-hybridized carbons (Fsp3) is 0.167. The summed E-state index contributed by atoms with van der Waals surface area (Å²) in [5.74, 6) is -0.353. The van der Waals surface area contributed by atoms with Crippen molar-refractivity contribution in [3.8, 4) is 0 Å². The second-order valence-electron chi connectivity index (χ2n) is 3.71. The SMILES string of the molecule is NC(=O)CCc1nccc2cc(Cl)cc(Cl)c12. The summed E-state index contributed by atoms with van der Waals surface area (Å²) < 4.78 is 0. The Morgan fingerprint density at radius 2 is 2.12 bits per heavy atom. The van der Waals surface area contributed by atoms with E-state index >= 15 is 0 Å². The van der Waals surface area contributed by atoms with Gasteiger partial charge in [0, 0.05) is 23.0 Å². The molecule has 2 aromatic rings. The van der Waals surface area contributed by atoms with Gasteiger partial charge >= 0.3 is 0 Å². The molecule has 0 spiro atoms. The van der Waals surface area contributed by atoms with Crippen molar-refractivity contribution in [3.63, 3.8) is 0 Å². The lowest BCUT2D eigenvalue weighted by Crippen LogP contribution is -2.11. The number of nitrogens with two attached hydrogens (primary N) is 1. The maximum Gasteiger partial charge on any atom is 0.217 e. The minimum Gasteiger partial charge on any atom is -0.370 e. The summed E-state index contributed by atoms with van der Waals surface area (Å²) in [5.41, 5.74) is 5.89. The zero-order valence-electron chi connectivity index (χ0n) is 8.91. The molecule has 0 atom stereocenters. The van der Waals surface area contributed by atoms with E-state index < -0.39 is 0 Å². The summed E-state index contributed by atoms with van der Waals surface area (Å²) in [6.45, 7) is 0. The molecule has 0 aliphatic carbocycles. The molecule has 0 radical (unpaired) electrons.